The normalized spacial score (nSPS) is 11.5. The van der Waals surface area contributed by atoms with Crippen molar-refractivity contribution in [3.63, 3.8) is 0 Å². The summed E-state index contributed by atoms with van der Waals surface area (Å²) in [6.45, 7) is 4.08. The van der Waals surface area contributed by atoms with Crippen LogP contribution in [0.2, 0.25) is 0 Å². The Labute approximate surface area is 126 Å². The lowest BCUT2D eigenvalue weighted by molar-refractivity contribution is 0.714. The lowest BCUT2D eigenvalue weighted by Crippen LogP contribution is -2.29. The zero-order valence-corrected chi connectivity index (χ0v) is 13.0. The molecule has 0 aliphatic heterocycles. The Kier molecular flexibility index (Phi) is 3.23. The topological polar surface area (TPSA) is 90.5 Å². The van der Waals surface area contributed by atoms with Gasteiger partial charge in [-0.25, -0.2) is 9.48 Å². The SMILES string of the molecule is CCc1cc(CC)n(-c2nc3c(c(=O)[nH]c(=O)n3C)n2C)n1. The van der Waals surface area contributed by atoms with Crippen LogP contribution in [0.15, 0.2) is 15.7 Å². The lowest BCUT2D eigenvalue weighted by atomic mass is 10.3. The van der Waals surface area contributed by atoms with E-state index in [-0.39, 0.29) is 0 Å². The van der Waals surface area contributed by atoms with Gasteiger partial charge in [0.1, 0.15) is 0 Å². The number of fused-ring (bicyclic) bond motifs is 1. The molecule has 0 aliphatic rings. The number of hydrogen-bond acceptors (Lipinski definition) is 4. The van der Waals surface area contributed by atoms with Crippen LogP contribution in [0.4, 0.5) is 0 Å². The lowest BCUT2D eigenvalue weighted by Gasteiger charge is -2.04. The molecule has 1 N–H and O–H groups in total. The maximum Gasteiger partial charge on any atom is 0.329 e. The van der Waals surface area contributed by atoms with Crippen molar-refractivity contribution in [1.29, 1.82) is 0 Å². The van der Waals surface area contributed by atoms with Gasteiger partial charge in [0.15, 0.2) is 11.2 Å². The summed E-state index contributed by atoms with van der Waals surface area (Å²) in [5.74, 6) is 0.526. The van der Waals surface area contributed by atoms with Gasteiger partial charge in [0.05, 0.1) is 5.69 Å². The Bertz CT molecular complexity index is 972. The van der Waals surface area contributed by atoms with E-state index in [1.165, 1.54) is 4.57 Å². The van der Waals surface area contributed by atoms with Crippen LogP contribution in [0.1, 0.15) is 25.2 Å². The molecule has 0 radical (unpaired) electrons. The molecule has 0 spiro atoms. The van der Waals surface area contributed by atoms with Gasteiger partial charge in [-0.2, -0.15) is 10.1 Å². The smallest absolute Gasteiger partial charge is 0.306 e. The number of nitrogens with one attached hydrogen (secondary N) is 1. The predicted octanol–water partition coefficient (Wildman–Crippen LogP) is 0.271. The van der Waals surface area contributed by atoms with Gasteiger partial charge in [0.25, 0.3) is 5.56 Å². The average Bonchev–Trinajstić information content (AvgIpc) is 3.05. The first-order valence-electron chi connectivity index (χ1n) is 7.21. The molecule has 3 aromatic heterocycles. The molecule has 0 unspecified atom stereocenters. The summed E-state index contributed by atoms with van der Waals surface area (Å²) in [6, 6.07) is 2.03. The van der Waals surface area contributed by atoms with E-state index in [0.29, 0.717) is 17.1 Å². The first-order chi connectivity index (χ1) is 10.5. The van der Waals surface area contributed by atoms with Crippen molar-refractivity contribution in [2.45, 2.75) is 26.7 Å². The Morgan fingerprint density at radius 2 is 1.86 bits per heavy atom. The van der Waals surface area contributed by atoms with Crippen LogP contribution in [0.3, 0.4) is 0 Å². The van der Waals surface area contributed by atoms with E-state index in [0.717, 1.165) is 24.2 Å². The molecule has 0 aliphatic carbocycles. The van der Waals surface area contributed by atoms with Crippen molar-refractivity contribution >= 4 is 11.2 Å². The van der Waals surface area contributed by atoms with Crippen molar-refractivity contribution in [3.8, 4) is 5.95 Å². The standard InChI is InChI=1S/C14H18N6O2/c1-5-8-7-9(6-2)20(17-8)13-15-11-10(18(13)3)12(21)16-14(22)19(11)4/h7H,5-6H2,1-4H3,(H,16,21,22). The minimum atomic E-state index is -0.479. The van der Waals surface area contributed by atoms with Gasteiger partial charge in [-0.05, 0) is 18.9 Å². The summed E-state index contributed by atoms with van der Waals surface area (Å²) in [4.78, 5) is 30.6. The average molecular weight is 302 g/mol. The minimum Gasteiger partial charge on any atom is -0.306 e. The molecule has 3 rings (SSSR count). The van der Waals surface area contributed by atoms with E-state index in [2.05, 4.69) is 15.1 Å². The van der Waals surface area contributed by atoms with E-state index in [9.17, 15) is 9.59 Å². The fraction of sp³-hybridized carbons (Fsp3) is 0.429. The molecule has 0 saturated heterocycles. The molecule has 3 heterocycles. The van der Waals surface area contributed by atoms with Crippen LogP contribution < -0.4 is 11.2 Å². The molecule has 8 nitrogen and oxygen atoms in total. The van der Waals surface area contributed by atoms with Crippen LogP contribution in [0.25, 0.3) is 17.1 Å². The van der Waals surface area contributed by atoms with Crippen molar-refractivity contribution < 1.29 is 0 Å². The van der Waals surface area contributed by atoms with Crippen LogP contribution in [0, 0.1) is 0 Å². The number of imidazole rings is 1. The number of aromatic amines is 1. The molecular formula is C14H18N6O2. The Hall–Kier alpha value is -2.64. The quantitative estimate of drug-likeness (QED) is 0.752. The molecule has 0 bridgehead atoms. The fourth-order valence-corrected chi connectivity index (χ4v) is 2.56. The number of aromatic nitrogens is 6. The summed E-state index contributed by atoms with van der Waals surface area (Å²) in [5.41, 5.74) is 1.76. The van der Waals surface area contributed by atoms with E-state index in [4.69, 9.17) is 0 Å². The molecule has 22 heavy (non-hydrogen) atoms. The zero-order valence-electron chi connectivity index (χ0n) is 13.0. The second kappa shape index (κ2) is 4.97. The fourth-order valence-electron chi connectivity index (χ4n) is 2.56. The molecule has 116 valence electrons. The number of aryl methyl sites for hydroxylation is 4. The highest BCUT2D eigenvalue weighted by molar-refractivity contribution is 5.72. The van der Waals surface area contributed by atoms with Crippen molar-refractivity contribution in [3.05, 3.63) is 38.3 Å². The highest BCUT2D eigenvalue weighted by atomic mass is 16.2. The second-order valence-electron chi connectivity index (χ2n) is 5.21. The third kappa shape index (κ3) is 1.91. The molecule has 0 fully saturated rings. The molecule has 0 amide bonds. The monoisotopic (exact) mass is 302 g/mol. The molecule has 0 atom stereocenters. The molecule has 8 heteroatoms. The summed E-state index contributed by atoms with van der Waals surface area (Å²) >= 11 is 0. The largest absolute Gasteiger partial charge is 0.329 e. The van der Waals surface area contributed by atoms with E-state index in [1.807, 2.05) is 19.9 Å². The third-order valence-corrected chi connectivity index (χ3v) is 3.86. The Morgan fingerprint density at radius 3 is 2.50 bits per heavy atom. The molecule has 3 aromatic rings. The highest BCUT2D eigenvalue weighted by Gasteiger charge is 2.18. The Morgan fingerprint density at radius 1 is 1.14 bits per heavy atom. The van der Waals surface area contributed by atoms with Crippen molar-refractivity contribution in [2.24, 2.45) is 14.1 Å². The Balaban J connectivity index is 2.38. The van der Waals surface area contributed by atoms with Crippen LogP contribution in [-0.4, -0.2) is 28.9 Å². The van der Waals surface area contributed by atoms with Gasteiger partial charge < -0.3 is 4.57 Å². The van der Waals surface area contributed by atoms with Gasteiger partial charge in [-0.1, -0.05) is 13.8 Å². The van der Waals surface area contributed by atoms with E-state index < -0.39 is 11.2 Å². The summed E-state index contributed by atoms with van der Waals surface area (Å²) in [6.07, 6.45) is 1.62. The molecular weight excluding hydrogens is 284 g/mol. The number of rotatable bonds is 3. The number of H-pyrrole nitrogens is 1. The maximum atomic E-state index is 12.1. The third-order valence-electron chi connectivity index (χ3n) is 3.86. The number of nitrogens with zero attached hydrogens (tertiary/aromatic N) is 5. The van der Waals surface area contributed by atoms with Gasteiger partial charge in [-0.15, -0.1) is 0 Å². The summed E-state index contributed by atoms with van der Waals surface area (Å²) in [7, 11) is 3.33. The van der Waals surface area contributed by atoms with Gasteiger partial charge >= 0.3 is 5.69 Å². The van der Waals surface area contributed by atoms with Gasteiger partial charge in [-0.3, -0.25) is 14.3 Å². The summed E-state index contributed by atoms with van der Waals surface area (Å²) in [5, 5.41) is 4.54. The predicted molar refractivity (Wildman–Crippen MR) is 82.5 cm³/mol. The number of hydrogen-bond donors (Lipinski definition) is 1. The first kappa shape index (κ1) is 14.3. The van der Waals surface area contributed by atoms with Crippen LogP contribution in [-0.2, 0) is 26.9 Å². The van der Waals surface area contributed by atoms with E-state index >= 15 is 0 Å². The maximum absolute atomic E-state index is 12.1. The first-order valence-corrected chi connectivity index (χ1v) is 7.21. The molecule has 0 aromatic carbocycles. The van der Waals surface area contributed by atoms with E-state index in [1.54, 1.807) is 23.3 Å². The van der Waals surface area contributed by atoms with Crippen LogP contribution in [0.5, 0.6) is 0 Å². The molecule has 0 saturated carbocycles. The minimum absolute atomic E-state index is 0.349. The van der Waals surface area contributed by atoms with Crippen LogP contribution >= 0.6 is 0 Å². The van der Waals surface area contributed by atoms with Gasteiger partial charge in [0, 0.05) is 19.8 Å². The van der Waals surface area contributed by atoms with Gasteiger partial charge in [0.2, 0.25) is 5.95 Å². The summed E-state index contributed by atoms with van der Waals surface area (Å²) < 4.78 is 4.73. The van der Waals surface area contributed by atoms with Crippen molar-refractivity contribution in [1.82, 2.24) is 28.9 Å². The zero-order chi connectivity index (χ0) is 16.0. The second-order valence-corrected chi connectivity index (χ2v) is 5.21. The van der Waals surface area contributed by atoms with Crippen molar-refractivity contribution in [2.75, 3.05) is 0 Å². The highest BCUT2D eigenvalue weighted by Crippen LogP contribution is 2.16.